The van der Waals surface area contributed by atoms with E-state index in [1.807, 2.05) is 0 Å². The molecule has 1 aliphatic heterocycles. The second-order valence-electron chi connectivity index (χ2n) is 7.94. The molecule has 0 spiro atoms. The highest BCUT2D eigenvalue weighted by Gasteiger charge is 2.30. The Hall–Kier alpha value is -3.39. The number of amides is 1. The lowest BCUT2D eigenvalue weighted by Gasteiger charge is -2.13. The number of fused-ring (bicyclic) bond motifs is 1. The Balaban J connectivity index is 1.81. The largest absolute Gasteiger partial charge is 0.437 e. The van der Waals surface area contributed by atoms with Crippen molar-refractivity contribution in [1.29, 1.82) is 5.26 Å². The number of aromatic nitrogens is 2. The number of ether oxygens (including phenoxy) is 1. The van der Waals surface area contributed by atoms with E-state index in [9.17, 15) is 23.3 Å². The zero-order valence-corrected chi connectivity index (χ0v) is 20.6. The van der Waals surface area contributed by atoms with Crippen LogP contribution < -0.4 is 15.6 Å². The van der Waals surface area contributed by atoms with Crippen molar-refractivity contribution in [3.8, 4) is 17.7 Å². The second kappa shape index (κ2) is 9.70. The van der Waals surface area contributed by atoms with Crippen LogP contribution in [0.5, 0.6) is 11.6 Å². The van der Waals surface area contributed by atoms with Gasteiger partial charge in [-0.3, -0.25) is 14.0 Å². The first-order chi connectivity index (χ1) is 16.6. The van der Waals surface area contributed by atoms with E-state index >= 15 is 0 Å². The van der Waals surface area contributed by atoms with Crippen LogP contribution in [0.3, 0.4) is 0 Å². The van der Waals surface area contributed by atoms with Crippen LogP contribution in [0.4, 0.5) is 0 Å². The highest BCUT2D eigenvalue weighted by Crippen LogP contribution is 2.32. The lowest BCUT2D eigenvalue weighted by atomic mass is 10.1. The molecule has 1 unspecified atom stereocenters. The lowest BCUT2D eigenvalue weighted by molar-refractivity contribution is -0.117. The zero-order valence-electron chi connectivity index (χ0n) is 18.3. The summed E-state index contributed by atoms with van der Waals surface area (Å²) in [5.41, 5.74) is -0.151. The van der Waals surface area contributed by atoms with E-state index in [4.69, 9.17) is 27.9 Å². The Morgan fingerprint density at radius 1 is 1.34 bits per heavy atom. The van der Waals surface area contributed by atoms with E-state index in [1.54, 1.807) is 31.2 Å². The van der Waals surface area contributed by atoms with E-state index in [2.05, 4.69) is 10.3 Å². The van der Waals surface area contributed by atoms with Gasteiger partial charge in [-0.15, -0.1) is 0 Å². The SMILES string of the molecule is Cc1cccn2c(=O)c(C=C(C#N)C(=O)NC3CCS(=O)(=O)C3)c(Oc3ccc(Cl)cc3Cl)nc12. The van der Waals surface area contributed by atoms with Crippen LogP contribution in [0.25, 0.3) is 11.7 Å². The maximum absolute atomic E-state index is 13.4. The minimum atomic E-state index is -3.24. The fourth-order valence-corrected chi connectivity index (χ4v) is 5.74. The Kier molecular flexibility index (Phi) is 6.85. The Morgan fingerprint density at radius 3 is 2.77 bits per heavy atom. The number of rotatable bonds is 5. The summed E-state index contributed by atoms with van der Waals surface area (Å²) in [6, 6.07) is 9.07. The highest BCUT2D eigenvalue weighted by atomic mass is 35.5. The number of hydrogen-bond donors (Lipinski definition) is 1. The van der Waals surface area contributed by atoms with E-state index in [0.717, 1.165) is 6.08 Å². The smallest absolute Gasteiger partial charge is 0.269 e. The number of carbonyl (C=O) groups is 1. The van der Waals surface area contributed by atoms with Crippen molar-refractivity contribution in [3.05, 3.63) is 73.6 Å². The van der Waals surface area contributed by atoms with Crippen molar-refractivity contribution in [3.63, 3.8) is 0 Å². The van der Waals surface area contributed by atoms with Crippen molar-refractivity contribution in [2.75, 3.05) is 11.5 Å². The van der Waals surface area contributed by atoms with Gasteiger partial charge in [-0.2, -0.15) is 10.2 Å². The third kappa shape index (κ3) is 5.32. The molecular formula is C23H18Cl2N4O5S. The molecule has 0 radical (unpaired) electrons. The fourth-order valence-electron chi connectivity index (χ4n) is 3.62. The summed E-state index contributed by atoms with van der Waals surface area (Å²) in [4.78, 5) is 30.5. The van der Waals surface area contributed by atoms with Crippen LogP contribution in [0.1, 0.15) is 17.5 Å². The quantitative estimate of drug-likeness (QED) is 0.393. The second-order valence-corrected chi connectivity index (χ2v) is 11.0. The highest BCUT2D eigenvalue weighted by molar-refractivity contribution is 7.91. The molecule has 1 fully saturated rings. The summed E-state index contributed by atoms with van der Waals surface area (Å²) in [6.07, 6.45) is 2.82. The summed E-state index contributed by atoms with van der Waals surface area (Å²) < 4.78 is 30.5. The number of carbonyl (C=O) groups excluding carboxylic acids is 1. The maximum Gasteiger partial charge on any atom is 0.269 e. The number of pyridine rings is 1. The van der Waals surface area contributed by atoms with Crippen LogP contribution in [-0.2, 0) is 14.6 Å². The normalized spacial score (nSPS) is 17.2. The van der Waals surface area contributed by atoms with Gasteiger partial charge in [-0.05, 0) is 49.2 Å². The lowest BCUT2D eigenvalue weighted by Crippen LogP contribution is -2.36. The minimum absolute atomic E-state index is 0.0430. The number of nitrogens with one attached hydrogen (secondary N) is 1. The molecule has 3 aromatic rings. The molecule has 35 heavy (non-hydrogen) atoms. The van der Waals surface area contributed by atoms with E-state index < -0.39 is 32.9 Å². The first kappa shape index (κ1) is 24.7. The van der Waals surface area contributed by atoms with Gasteiger partial charge >= 0.3 is 0 Å². The zero-order chi connectivity index (χ0) is 25.3. The molecule has 180 valence electrons. The number of nitriles is 1. The predicted molar refractivity (Wildman–Crippen MR) is 132 cm³/mol. The summed E-state index contributed by atoms with van der Waals surface area (Å²) in [6.45, 7) is 1.76. The Bertz CT molecular complexity index is 1590. The van der Waals surface area contributed by atoms with Gasteiger partial charge in [0, 0.05) is 17.3 Å². The first-order valence-corrected chi connectivity index (χ1v) is 12.9. The number of sulfone groups is 1. The van der Waals surface area contributed by atoms with Crippen molar-refractivity contribution in [2.24, 2.45) is 0 Å². The third-order valence-electron chi connectivity index (χ3n) is 5.37. The number of halogens is 2. The molecule has 1 aliphatic rings. The molecule has 4 rings (SSSR count). The van der Waals surface area contributed by atoms with Gasteiger partial charge in [0.15, 0.2) is 9.84 Å². The standard InChI is InChI=1S/C23H18Cl2N4O5S/c1-13-3-2-7-29-20(13)28-22(34-19-5-4-15(24)10-18(19)25)17(23(29)31)9-14(11-26)21(30)27-16-6-8-35(32,33)12-16/h2-5,7,9-10,16H,6,8,12H2,1H3,(H,27,30). The van der Waals surface area contributed by atoms with Crippen LogP contribution in [-0.4, -0.2) is 41.3 Å². The van der Waals surface area contributed by atoms with E-state index in [-0.39, 0.29) is 40.1 Å². The Labute approximate surface area is 210 Å². The van der Waals surface area contributed by atoms with Crippen LogP contribution in [0, 0.1) is 18.3 Å². The van der Waals surface area contributed by atoms with Gasteiger partial charge in [0.05, 0.1) is 16.5 Å². The van der Waals surface area contributed by atoms with Crippen molar-refractivity contribution < 1.29 is 17.9 Å². The van der Waals surface area contributed by atoms with E-state index in [1.165, 1.54) is 22.7 Å². The van der Waals surface area contributed by atoms with E-state index in [0.29, 0.717) is 16.2 Å². The van der Waals surface area contributed by atoms with Crippen LogP contribution in [0.2, 0.25) is 10.0 Å². The first-order valence-electron chi connectivity index (χ1n) is 10.4. The number of nitrogens with zero attached hydrogens (tertiary/aromatic N) is 3. The summed E-state index contributed by atoms with van der Waals surface area (Å²) in [5.74, 6) is -1.06. The molecule has 1 atom stereocenters. The molecule has 2 aromatic heterocycles. The minimum Gasteiger partial charge on any atom is -0.437 e. The van der Waals surface area contributed by atoms with Gasteiger partial charge < -0.3 is 10.1 Å². The molecule has 9 nitrogen and oxygen atoms in total. The van der Waals surface area contributed by atoms with Gasteiger partial charge in [0.25, 0.3) is 11.5 Å². The number of hydrogen-bond acceptors (Lipinski definition) is 7. The maximum atomic E-state index is 13.4. The average Bonchev–Trinajstić information content (AvgIpc) is 3.14. The van der Waals surface area contributed by atoms with Gasteiger partial charge in [0.2, 0.25) is 5.88 Å². The van der Waals surface area contributed by atoms with Crippen molar-refractivity contribution in [1.82, 2.24) is 14.7 Å². The molecule has 1 amide bonds. The summed E-state index contributed by atoms with van der Waals surface area (Å²) in [5, 5.41) is 12.7. The fraction of sp³-hybridized carbons (Fsp3) is 0.217. The molecule has 1 N–H and O–H groups in total. The van der Waals surface area contributed by atoms with Gasteiger partial charge in [-0.25, -0.2) is 8.42 Å². The molecule has 3 heterocycles. The van der Waals surface area contributed by atoms with Crippen LogP contribution >= 0.6 is 23.2 Å². The van der Waals surface area contributed by atoms with Crippen molar-refractivity contribution >= 4 is 50.7 Å². The molecule has 0 aliphatic carbocycles. The molecule has 0 saturated carbocycles. The molecule has 1 saturated heterocycles. The third-order valence-corrected chi connectivity index (χ3v) is 7.67. The average molecular weight is 533 g/mol. The molecule has 1 aromatic carbocycles. The monoisotopic (exact) mass is 532 g/mol. The molecular weight excluding hydrogens is 515 g/mol. The van der Waals surface area contributed by atoms with Gasteiger partial charge in [0.1, 0.15) is 28.6 Å². The van der Waals surface area contributed by atoms with Crippen molar-refractivity contribution in [2.45, 2.75) is 19.4 Å². The van der Waals surface area contributed by atoms with Gasteiger partial charge in [-0.1, -0.05) is 29.3 Å². The topological polar surface area (TPSA) is 131 Å². The van der Waals surface area contributed by atoms with Crippen LogP contribution in [0.15, 0.2) is 46.9 Å². The number of aryl methyl sites for hydroxylation is 1. The summed E-state index contributed by atoms with van der Waals surface area (Å²) in [7, 11) is -3.24. The number of benzene rings is 1. The molecule has 12 heteroatoms. The predicted octanol–water partition coefficient (Wildman–Crippen LogP) is 3.31. The molecule has 0 bridgehead atoms. The summed E-state index contributed by atoms with van der Waals surface area (Å²) >= 11 is 12.2. The Morgan fingerprint density at radius 2 is 2.11 bits per heavy atom.